The Kier molecular flexibility index (Phi) is 4.05. The van der Waals surface area contributed by atoms with E-state index in [9.17, 15) is 0 Å². The molecule has 1 aliphatic rings. The van der Waals surface area contributed by atoms with Crippen molar-refractivity contribution in [1.29, 1.82) is 0 Å². The van der Waals surface area contributed by atoms with Gasteiger partial charge in [0.15, 0.2) is 0 Å². The topological polar surface area (TPSA) is 34.0 Å². The smallest absolute Gasteiger partial charge is 0.124 e. The number of thiazole rings is 1. The van der Waals surface area contributed by atoms with Gasteiger partial charge in [0.2, 0.25) is 0 Å². The van der Waals surface area contributed by atoms with Gasteiger partial charge in [0.05, 0.1) is 12.2 Å². The van der Waals surface area contributed by atoms with E-state index in [4.69, 9.17) is 4.98 Å². The van der Waals surface area contributed by atoms with Crippen molar-refractivity contribution in [3.8, 4) is 10.6 Å². The van der Waals surface area contributed by atoms with Crippen LogP contribution in [0.1, 0.15) is 18.5 Å². The number of likely N-dealkylation sites (tertiary alicyclic amines) is 1. The van der Waals surface area contributed by atoms with E-state index in [2.05, 4.69) is 32.2 Å². The average Bonchev–Trinajstić information content (AvgIpc) is 3.28. The number of thiophene rings is 1. The van der Waals surface area contributed by atoms with Crippen molar-refractivity contribution in [3.63, 3.8) is 0 Å². The van der Waals surface area contributed by atoms with Gasteiger partial charge in [-0.3, -0.25) is 9.58 Å². The molecule has 0 bridgehead atoms. The number of aromatic nitrogens is 3. The summed E-state index contributed by atoms with van der Waals surface area (Å²) in [6.07, 6.45) is 6.43. The van der Waals surface area contributed by atoms with Crippen LogP contribution in [0.5, 0.6) is 0 Å². The molecule has 0 amide bonds. The van der Waals surface area contributed by atoms with Gasteiger partial charge in [0.25, 0.3) is 0 Å². The molecule has 4 heterocycles. The van der Waals surface area contributed by atoms with Gasteiger partial charge in [-0.05, 0) is 36.9 Å². The molecule has 22 heavy (non-hydrogen) atoms. The molecule has 0 radical (unpaired) electrons. The summed E-state index contributed by atoms with van der Waals surface area (Å²) >= 11 is 3.47. The van der Waals surface area contributed by atoms with Gasteiger partial charge < -0.3 is 0 Å². The first-order valence-corrected chi connectivity index (χ1v) is 9.39. The predicted octanol–water partition coefficient (Wildman–Crippen LogP) is 3.73. The zero-order valence-electron chi connectivity index (χ0n) is 12.3. The second kappa shape index (κ2) is 6.32. The zero-order chi connectivity index (χ0) is 14.8. The van der Waals surface area contributed by atoms with E-state index >= 15 is 0 Å². The lowest BCUT2D eigenvalue weighted by atomic mass is 10.2. The first-order chi connectivity index (χ1) is 10.9. The van der Waals surface area contributed by atoms with E-state index in [1.54, 1.807) is 22.7 Å². The Morgan fingerprint density at radius 2 is 2.32 bits per heavy atom. The summed E-state index contributed by atoms with van der Waals surface area (Å²) < 4.78 is 2.04. The largest absolute Gasteiger partial charge is 0.293 e. The maximum Gasteiger partial charge on any atom is 0.124 e. The monoisotopic (exact) mass is 330 g/mol. The highest BCUT2D eigenvalue weighted by Crippen LogP contribution is 2.27. The molecule has 6 heteroatoms. The van der Waals surface area contributed by atoms with Crippen LogP contribution in [-0.2, 0) is 13.1 Å². The molecule has 3 aromatic heterocycles. The highest BCUT2D eigenvalue weighted by molar-refractivity contribution is 7.14. The maximum atomic E-state index is 4.81. The summed E-state index contributed by atoms with van der Waals surface area (Å²) in [5.74, 6) is 0. The summed E-state index contributed by atoms with van der Waals surface area (Å²) in [7, 11) is 0. The van der Waals surface area contributed by atoms with Crippen molar-refractivity contribution < 1.29 is 0 Å². The first kappa shape index (κ1) is 14.1. The molecular formula is C16H18N4S2. The third-order valence-corrected chi connectivity index (χ3v) is 5.76. The first-order valence-electron chi connectivity index (χ1n) is 7.57. The number of hydrogen-bond donors (Lipinski definition) is 0. The Bertz CT molecular complexity index is 702. The van der Waals surface area contributed by atoms with Crippen molar-refractivity contribution in [3.05, 3.63) is 46.4 Å². The van der Waals surface area contributed by atoms with Gasteiger partial charge in [-0.15, -0.1) is 11.3 Å². The molecule has 1 aliphatic heterocycles. The van der Waals surface area contributed by atoms with E-state index in [0.717, 1.165) is 24.6 Å². The second-order valence-corrected chi connectivity index (χ2v) is 7.29. The Hall–Kier alpha value is -1.50. The molecule has 4 nitrogen and oxygen atoms in total. The van der Waals surface area contributed by atoms with Crippen molar-refractivity contribution >= 4 is 22.7 Å². The fourth-order valence-electron chi connectivity index (χ4n) is 3.04. The van der Waals surface area contributed by atoms with Crippen LogP contribution in [0.25, 0.3) is 10.6 Å². The van der Waals surface area contributed by atoms with Gasteiger partial charge in [-0.1, -0.05) is 0 Å². The summed E-state index contributed by atoms with van der Waals surface area (Å²) in [5, 5.41) is 12.0. The maximum absolute atomic E-state index is 4.81. The highest BCUT2D eigenvalue weighted by atomic mass is 32.1. The van der Waals surface area contributed by atoms with Crippen LogP contribution in [0.4, 0.5) is 0 Å². The normalized spacial score (nSPS) is 19.0. The molecule has 0 aliphatic carbocycles. The summed E-state index contributed by atoms with van der Waals surface area (Å²) in [6, 6.07) is 4.71. The number of rotatable bonds is 5. The van der Waals surface area contributed by atoms with Crippen LogP contribution in [0.15, 0.2) is 40.7 Å². The third kappa shape index (κ3) is 2.99. The quantitative estimate of drug-likeness (QED) is 0.715. The van der Waals surface area contributed by atoms with Crippen molar-refractivity contribution in [2.75, 3.05) is 6.54 Å². The van der Waals surface area contributed by atoms with Crippen LogP contribution >= 0.6 is 22.7 Å². The zero-order valence-corrected chi connectivity index (χ0v) is 13.9. The number of hydrogen-bond acceptors (Lipinski definition) is 5. The van der Waals surface area contributed by atoms with Crippen molar-refractivity contribution in [2.24, 2.45) is 0 Å². The van der Waals surface area contributed by atoms with E-state index in [1.807, 2.05) is 23.1 Å². The van der Waals surface area contributed by atoms with E-state index in [1.165, 1.54) is 24.1 Å². The van der Waals surface area contributed by atoms with Crippen LogP contribution in [0.3, 0.4) is 0 Å². The molecule has 0 unspecified atom stereocenters. The van der Waals surface area contributed by atoms with Gasteiger partial charge in [-0.25, -0.2) is 4.98 Å². The third-order valence-electron chi connectivity index (χ3n) is 4.14. The number of nitrogens with zero attached hydrogens (tertiary/aromatic N) is 4. The Labute approximate surface area is 138 Å². The van der Waals surface area contributed by atoms with E-state index < -0.39 is 0 Å². The molecule has 1 atom stereocenters. The van der Waals surface area contributed by atoms with Crippen LogP contribution in [0, 0.1) is 0 Å². The molecule has 114 valence electrons. The minimum Gasteiger partial charge on any atom is -0.293 e. The summed E-state index contributed by atoms with van der Waals surface area (Å²) in [6.45, 7) is 3.10. The molecule has 0 N–H and O–H groups in total. The Morgan fingerprint density at radius 3 is 3.14 bits per heavy atom. The second-order valence-electron chi connectivity index (χ2n) is 5.65. The summed E-state index contributed by atoms with van der Waals surface area (Å²) in [5.41, 5.74) is 2.44. The lowest BCUT2D eigenvalue weighted by Gasteiger charge is -2.23. The molecule has 0 aromatic carbocycles. The predicted molar refractivity (Wildman–Crippen MR) is 91.1 cm³/mol. The molecule has 1 fully saturated rings. The molecule has 1 saturated heterocycles. The van der Waals surface area contributed by atoms with Crippen LogP contribution in [-0.4, -0.2) is 32.3 Å². The fraction of sp³-hybridized carbons (Fsp3) is 0.375. The molecule has 0 spiro atoms. The Morgan fingerprint density at radius 1 is 1.32 bits per heavy atom. The standard InChI is InChI=1S/C16H18N4S2/c1-3-15(10-20-7-2-5-17-20)19(6-1)9-14-12-22-16(18-14)13-4-8-21-11-13/h2,4-5,7-8,11-12,15H,1,3,6,9-10H2/t15-/m1/s1. The minimum atomic E-state index is 0.575. The van der Waals surface area contributed by atoms with Crippen molar-refractivity contribution in [1.82, 2.24) is 19.7 Å². The van der Waals surface area contributed by atoms with Crippen LogP contribution < -0.4 is 0 Å². The molecule has 0 saturated carbocycles. The fourth-order valence-corrected chi connectivity index (χ4v) is 4.56. The lowest BCUT2D eigenvalue weighted by Crippen LogP contribution is -2.32. The van der Waals surface area contributed by atoms with Crippen molar-refractivity contribution in [2.45, 2.75) is 32.0 Å². The summed E-state index contributed by atoms with van der Waals surface area (Å²) in [4.78, 5) is 7.36. The van der Waals surface area contributed by atoms with E-state index in [0.29, 0.717) is 6.04 Å². The van der Waals surface area contributed by atoms with E-state index in [-0.39, 0.29) is 0 Å². The average molecular weight is 330 g/mol. The molecule has 3 aromatic rings. The van der Waals surface area contributed by atoms with Gasteiger partial charge in [0.1, 0.15) is 5.01 Å². The molecular weight excluding hydrogens is 312 g/mol. The molecule has 4 rings (SSSR count). The minimum absolute atomic E-state index is 0.575. The van der Waals surface area contributed by atoms with Crippen LogP contribution in [0.2, 0.25) is 0 Å². The Balaban J connectivity index is 1.44. The SMILES string of the molecule is c1cnn(C[C@H]2CCCN2Cc2csc(-c3ccsc3)n2)c1. The van der Waals surface area contributed by atoms with Gasteiger partial charge >= 0.3 is 0 Å². The highest BCUT2D eigenvalue weighted by Gasteiger charge is 2.25. The van der Waals surface area contributed by atoms with Gasteiger partial charge in [-0.2, -0.15) is 16.4 Å². The lowest BCUT2D eigenvalue weighted by molar-refractivity contribution is 0.217. The van der Waals surface area contributed by atoms with Gasteiger partial charge in [0, 0.05) is 41.3 Å².